The lowest BCUT2D eigenvalue weighted by Gasteiger charge is -2.01. The molecule has 0 heterocycles. The van der Waals surface area contributed by atoms with Gasteiger partial charge in [-0.2, -0.15) is 0 Å². The van der Waals surface area contributed by atoms with Crippen molar-refractivity contribution in [3.05, 3.63) is 35.4 Å². The number of hydrogen-bond acceptors (Lipinski definition) is 2. The highest BCUT2D eigenvalue weighted by Crippen LogP contribution is 2.38. The second-order valence-corrected chi connectivity index (χ2v) is 3.46. The van der Waals surface area contributed by atoms with Gasteiger partial charge in [0.2, 0.25) is 0 Å². The lowest BCUT2D eigenvalue weighted by molar-refractivity contribution is 0.979. The number of hydrogen-bond donors (Lipinski definition) is 2. The van der Waals surface area contributed by atoms with Gasteiger partial charge in [-0.15, -0.1) is 0 Å². The Labute approximate surface area is 72.6 Å². The molecule has 0 aliphatic heterocycles. The molecule has 64 valence electrons. The molecule has 0 radical (unpaired) electrons. The highest BCUT2D eigenvalue weighted by Gasteiger charge is 2.34. The molecule has 0 spiro atoms. The Morgan fingerprint density at radius 2 is 2.17 bits per heavy atom. The zero-order valence-electron chi connectivity index (χ0n) is 7.03. The molecule has 1 aliphatic rings. The average Bonchev–Trinajstić information content (AvgIpc) is 2.83. The van der Waals surface area contributed by atoms with E-state index in [0.29, 0.717) is 18.5 Å². The van der Waals surface area contributed by atoms with E-state index in [0.717, 1.165) is 6.42 Å². The van der Waals surface area contributed by atoms with Crippen molar-refractivity contribution in [2.75, 3.05) is 0 Å². The average molecular weight is 162 g/mol. The van der Waals surface area contributed by atoms with Gasteiger partial charge in [0.25, 0.3) is 0 Å². The summed E-state index contributed by atoms with van der Waals surface area (Å²) >= 11 is 0. The summed E-state index contributed by atoms with van der Waals surface area (Å²) in [6.45, 7) is 0.621. The SMILES string of the molecule is NCc1cccc([C@@H]2C[C@H]2N)c1. The fraction of sp³-hybridized carbons (Fsp3) is 0.400. The third-order valence-electron chi connectivity index (χ3n) is 2.45. The van der Waals surface area contributed by atoms with Crippen LogP contribution in [0.2, 0.25) is 0 Å². The van der Waals surface area contributed by atoms with Crippen molar-refractivity contribution in [1.82, 2.24) is 0 Å². The molecule has 1 saturated carbocycles. The van der Waals surface area contributed by atoms with Crippen LogP contribution in [0.15, 0.2) is 24.3 Å². The van der Waals surface area contributed by atoms with Crippen molar-refractivity contribution >= 4 is 0 Å². The third-order valence-corrected chi connectivity index (χ3v) is 2.45. The first-order valence-corrected chi connectivity index (χ1v) is 4.36. The van der Waals surface area contributed by atoms with E-state index >= 15 is 0 Å². The Bertz CT molecular complexity index is 283. The zero-order chi connectivity index (χ0) is 8.55. The van der Waals surface area contributed by atoms with E-state index in [9.17, 15) is 0 Å². The third kappa shape index (κ3) is 1.36. The summed E-state index contributed by atoms with van der Waals surface area (Å²) < 4.78 is 0. The van der Waals surface area contributed by atoms with E-state index in [2.05, 4.69) is 24.3 Å². The molecule has 1 fully saturated rings. The Morgan fingerprint density at radius 1 is 1.42 bits per heavy atom. The van der Waals surface area contributed by atoms with Gasteiger partial charge >= 0.3 is 0 Å². The minimum Gasteiger partial charge on any atom is -0.327 e. The molecule has 0 bridgehead atoms. The Hall–Kier alpha value is -0.860. The van der Waals surface area contributed by atoms with E-state index in [4.69, 9.17) is 11.5 Å². The summed E-state index contributed by atoms with van der Waals surface area (Å²) in [6.07, 6.45) is 1.13. The molecule has 0 unspecified atom stereocenters. The van der Waals surface area contributed by atoms with Gasteiger partial charge in [-0.3, -0.25) is 0 Å². The number of nitrogens with two attached hydrogens (primary N) is 2. The van der Waals surface area contributed by atoms with Crippen molar-refractivity contribution in [2.24, 2.45) is 11.5 Å². The van der Waals surface area contributed by atoms with Gasteiger partial charge in [0.05, 0.1) is 0 Å². The molecule has 2 rings (SSSR count). The monoisotopic (exact) mass is 162 g/mol. The Kier molecular flexibility index (Phi) is 1.87. The highest BCUT2D eigenvalue weighted by molar-refractivity contribution is 5.31. The van der Waals surface area contributed by atoms with Crippen LogP contribution in [0, 0.1) is 0 Å². The quantitative estimate of drug-likeness (QED) is 0.680. The van der Waals surface area contributed by atoms with Gasteiger partial charge in [0.1, 0.15) is 0 Å². The molecule has 1 aliphatic carbocycles. The molecule has 0 saturated heterocycles. The van der Waals surface area contributed by atoms with Gasteiger partial charge in [0, 0.05) is 18.5 Å². The van der Waals surface area contributed by atoms with E-state index in [1.807, 2.05) is 0 Å². The maximum Gasteiger partial charge on any atom is 0.0178 e. The van der Waals surface area contributed by atoms with Crippen LogP contribution in [0.5, 0.6) is 0 Å². The highest BCUT2D eigenvalue weighted by atomic mass is 14.7. The van der Waals surface area contributed by atoms with Crippen molar-refractivity contribution in [3.8, 4) is 0 Å². The summed E-state index contributed by atoms with van der Waals surface area (Å²) in [6, 6.07) is 8.80. The summed E-state index contributed by atoms with van der Waals surface area (Å²) in [5.74, 6) is 0.594. The first-order chi connectivity index (χ1) is 5.81. The van der Waals surface area contributed by atoms with Crippen molar-refractivity contribution in [3.63, 3.8) is 0 Å². The second kappa shape index (κ2) is 2.88. The number of rotatable bonds is 2. The molecule has 2 atom stereocenters. The van der Waals surface area contributed by atoms with Crippen LogP contribution >= 0.6 is 0 Å². The molecular weight excluding hydrogens is 148 g/mol. The van der Waals surface area contributed by atoms with Gasteiger partial charge in [-0.25, -0.2) is 0 Å². The molecule has 2 nitrogen and oxygen atoms in total. The first-order valence-electron chi connectivity index (χ1n) is 4.36. The minimum atomic E-state index is 0.387. The maximum absolute atomic E-state index is 5.76. The van der Waals surface area contributed by atoms with Gasteiger partial charge in [-0.05, 0) is 17.5 Å². The molecule has 4 N–H and O–H groups in total. The van der Waals surface area contributed by atoms with E-state index in [1.54, 1.807) is 0 Å². The molecule has 1 aromatic rings. The molecular formula is C10H14N2. The van der Waals surface area contributed by atoms with Crippen LogP contribution < -0.4 is 11.5 Å². The topological polar surface area (TPSA) is 52.0 Å². The van der Waals surface area contributed by atoms with E-state index in [-0.39, 0.29) is 0 Å². The Balaban J connectivity index is 2.21. The summed E-state index contributed by atoms with van der Waals surface area (Å²) in [7, 11) is 0. The minimum absolute atomic E-state index is 0.387. The predicted octanol–water partition coefficient (Wildman–Crippen LogP) is 0.960. The van der Waals surface area contributed by atoms with Crippen LogP contribution in [-0.2, 0) is 6.54 Å². The number of benzene rings is 1. The molecule has 2 heteroatoms. The fourth-order valence-electron chi connectivity index (χ4n) is 1.55. The van der Waals surface area contributed by atoms with Crippen molar-refractivity contribution in [2.45, 2.75) is 24.9 Å². The van der Waals surface area contributed by atoms with Crippen LogP contribution in [0.1, 0.15) is 23.5 Å². The summed E-state index contributed by atoms with van der Waals surface area (Å²) in [4.78, 5) is 0. The smallest absolute Gasteiger partial charge is 0.0178 e. The Morgan fingerprint density at radius 3 is 2.75 bits per heavy atom. The fourth-order valence-corrected chi connectivity index (χ4v) is 1.55. The summed E-state index contributed by atoms with van der Waals surface area (Å²) in [5, 5.41) is 0. The molecule has 0 amide bonds. The van der Waals surface area contributed by atoms with Crippen molar-refractivity contribution < 1.29 is 0 Å². The van der Waals surface area contributed by atoms with Crippen LogP contribution in [0.3, 0.4) is 0 Å². The maximum atomic E-state index is 5.76. The lowest BCUT2D eigenvalue weighted by atomic mass is 10.1. The van der Waals surface area contributed by atoms with Gasteiger partial charge in [0.15, 0.2) is 0 Å². The van der Waals surface area contributed by atoms with Crippen LogP contribution in [-0.4, -0.2) is 6.04 Å². The van der Waals surface area contributed by atoms with Gasteiger partial charge in [-0.1, -0.05) is 24.3 Å². The normalized spacial score (nSPS) is 27.2. The first kappa shape index (κ1) is 7.77. The van der Waals surface area contributed by atoms with Crippen molar-refractivity contribution in [1.29, 1.82) is 0 Å². The second-order valence-electron chi connectivity index (χ2n) is 3.46. The zero-order valence-corrected chi connectivity index (χ0v) is 7.03. The molecule has 1 aromatic carbocycles. The van der Waals surface area contributed by atoms with E-state index in [1.165, 1.54) is 11.1 Å². The predicted molar refractivity (Wildman–Crippen MR) is 49.7 cm³/mol. The molecule has 0 aromatic heterocycles. The molecule has 12 heavy (non-hydrogen) atoms. The standard InChI is InChI=1S/C10H14N2/c11-6-7-2-1-3-8(4-7)9-5-10(9)12/h1-4,9-10H,5-6,11-12H2/t9-,10+/m0/s1. The van der Waals surface area contributed by atoms with E-state index < -0.39 is 0 Å². The van der Waals surface area contributed by atoms with Crippen LogP contribution in [0.25, 0.3) is 0 Å². The largest absolute Gasteiger partial charge is 0.327 e. The van der Waals surface area contributed by atoms with Gasteiger partial charge < -0.3 is 11.5 Å². The lowest BCUT2D eigenvalue weighted by Crippen LogP contribution is -2.02. The summed E-state index contributed by atoms with van der Waals surface area (Å²) in [5.41, 5.74) is 13.9. The van der Waals surface area contributed by atoms with Crippen LogP contribution in [0.4, 0.5) is 0 Å².